The normalized spacial score (nSPS) is 18.7. The van der Waals surface area contributed by atoms with Crippen LogP contribution in [0.4, 0.5) is 0 Å². The summed E-state index contributed by atoms with van der Waals surface area (Å²) in [6.07, 6.45) is 5.07. The minimum absolute atomic E-state index is 0.402. The minimum atomic E-state index is 0.402. The van der Waals surface area contributed by atoms with Gasteiger partial charge in [0, 0.05) is 24.9 Å². The zero-order valence-corrected chi connectivity index (χ0v) is 8.98. The second-order valence-electron chi connectivity index (χ2n) is 4.16. The van der Waals surface area contributed by atoms with Gasteiger partial charge in [0.25, 0.3) is 0 Å². The number of hydrogen-bond acceptors (Lipinski definition) is 4. The second-order valence-corrected chi connectivity index (χ2v) is 4.16. The van der Waals surface area contributed by atoms with E-state index in [1.54, 1.807) is 6.20 Å². The molecule has 0 aromatic carbocycles. The average Bonchev–Trinajstić information content (AvgIpc) is 2.71. The van der Waals surface area contributed by atoms with E-state index in [9.17, 15) is 4.79 Å². The Bertz CT molecular complexity index is 311. The predicted octanol–water partition coefficient (Wildman–Crippen LogP) is 1.62. The van der Waals surface area contributed by atoms with Crippen molar-refractivity contribution in [3.8, 4) is 0 Å². The van der Waals surface area contributed by atoms with Crippen molar-refractivity contribution in [1.29, 1.82) is 0 Å². The maximum Gasteiger partial charge on any atom is 0.150 e. The van der Waals surface area contributed by atoms with Crippen LogP contribution in [0.5, 0.6) is 0 Å². The number of carbonyl (C=O) groups is 1. The summed E-state index contributed by atoms with van der Waals surface area (Å²) in [6.45, 7) is 0.777. The number of nitrogens with zero attached hydrogens (tertiary/aromatic N) is 2. The van der Waals surface area contributed by atoms with E-state index in [2.05, 4.69) is 17.1 Å². The van der Waals surface area contributed by atoms with Gasteiger partial charge in [-0.2, -0.15) is 0 Å². The van der Waals surface area contributed by atoms with Crippen LogP contribution in [0.1, 0.15) is 31.4 Å². The van der Waals surface area contributed by atoms with Crippen molar-refractivity contribution in [3.05, 3.63) is 18.0 Å². The Hall–Kier alpha value is -1.16. The summed E-state index contributed by atoms with van der Waals surface area (Å²) in [5.74, 6) is 1.29. The summed E-state index contributed by atoms with van der Waals surface area (Å²) in [7, 11) is 2.07. The first-order chi connectivity index (χ1) is 7.25. The number of Topliss-reactive ketones (excluding diaryl/α,β-unsaturated/α-hetero) is 1. The van der Waals surface area contributed by atoms with E-state index < -0.39 is 0 Å². The standard InChI is InChI=1S/C11H16N2O2/c1-13(8-11-6-7-12-15-11)9-2-4-10(14)5-3-9/h6-7,9H,2-5,8H2,1H3. The van der Waals surface area contributed by atoms with Crippen LogP contribution in [0.2, 0.25) is 0 Å². The summed E-state index contributed by atoms with van der Waals surface area (Å²) < 4.78 is 5.06. The Morgan fingerprint density at radius 3 is 2.87 bits per heavy atom. The van der Waals surface area contributed by atoms with E-state index >= 15 is 0 Å². The van der Waals surface area contributed by atoms with E-state index in [1.165, 1.54) is 0 Å². The van der Waals surface area contributed by atoms with Gasteiger partial charge < -0.3 is 4.52 Å². The third kappa shape index (κ3) is 2.65. The van der Waals surface area contributed by atoms with Crippen molar-refractivity contribution in [2.75, 3.05) is 7.05 Å². The highest BCUT2D eigenvalue weighted by atomic mass is 16.5. The summed E-state index contributed by atoms with van der Waals surface area (Å²) in [6, 6.07) is 2.39. The van der Waals surface area contributed by atoms with Gasteiger partial charge >= 0.3 is 0 Å². The van der Waals surface area contributed by atoms with Crippen molar-refractivity contribution in [3.63, 3.8) is 0 Å². The molecule has 4 heteroatoms. The maximum absolute atomic E-state index is 11.1. The lowest BCUT2D eigenvalue weighted by atomic mass is 9.93. The molecule has 1 fully saturated rings. The van der Waals surface area contributed by atoms with E-state index in [4.69, 9.17) is 4.52 Å². The molecule has 0 bridgehead atoms. The summed E-state index contributed by atoms with van der Waals surface area (Å²) in [5.41, 5.74) is 0. The van der Waals surface area contributed by atoms with Crippen LogP contribution in [0.25, 0.3) is 0 Å². The van der Waals surface area contributed by atoms with Crippen molar-refractivity contribution in [2.45, 2.75) is 38.3 Å². The van der Waals surface area contributed by atoms with Crippen LogP contribution in [0, 0.1) is 0 Å². The Morgan fingerprint density at radius 1 is 1.53 bits per heavy atom. The van der Waals surface area contributed by atoms with Gasteiger partial charge in [0.1, 0.15) is 5.78 Å². The molecule has 1 aromatic rings. The third-order valence-corrected chi connectivity index (χ3v) is 3.03. The second kappa shape index (κ2) is 4.57. The first-order valence-electron chi connectivity index (χ1n) is 5.37. The molecule has 0 amide bonds. The molecule has 15 heavy (non-hydrogen) atoms. The number of carbonyl (C=O) groups excluding carboxylic acids is 1. The fourth-order valence-corrected chi connectivity index (χ4v) is 2.06. The SMILES string of the molecule is CN(Cc1ccno1)C1CCC(=O)CC1. The van der Waals surface area contributed by atoms with E-state index in [-0.39, 0.29) is 0 Å². The number of hydrogen-bond donors (Lipinski definition) is 0. The Kier molecular flexibility index (Phi) is 3.16. The van der Waals surface area contributed by atoms with E-state index in [1.807, 2.05) is 6.07 Å². The van der Waals surface area contributed by atoms with Crippen LogP contribution >= 0.6 is 0 Å². The molecule has 1 saturated carbocycles. The van der Waals surface area contributed by atoms with Gasteiger partial charge in [-0.15, -0.1) is 0 Å². The molecule has 0 N–H and O–H groups in total. The van der Waals surface area contributed by atoms with Gasteiger partial charge in [0.2, 0.25) is 0 Å². The maximum atomic E-state index is 11.1. The van der Waals surface area contributed by atoms with Gasteiger partial charge in [-0.05, 0) is 19.9 Å². The highest BCUT2D eigenvalue weighted by Crippen LogP contribution is 2.20. The Labute approximate surface area is 89.2 Å². The fraction of sp³-hybridized carbons (Fsp3) is 0.636. The third-order valence-electron chi connectivity index (χ3n) is 3.03. The van der Waals surface area contributed by atoms with Crippen molar-refractivity contribution in [2.24, 2.45) is 0 Å². The summed E-state index contributed by atoms with van der Waals surface area (Å²) >= 11 is 0. The summed E-state index contributed by atoms with van der Waals surface area (Å²) in [5, 5.41) is 3.68. The molecule has 1 aromatic heterocycles. The number of ketones is 1. The zero-order valence-electron chi connectivity index (χ0n) is 8.98. The molecule has 1 aliphatic rings. The average molecular weight is 208 g/mol. The molecule has 0 unspecified atom stereocenters. The lowest BCUT2D eigenvalue weighted by molar-refractivity contribution is -0.121. The van der Waals surface area contributed by atoms with Crippen LogP contribution in [0.15, 0.2) is 16.8 Å². The van der Waals surface area contributed by atoms with Crippen molar-refractivity contribution in [1.82, 2.24) is 10.1 Å². The van der Waals surface area contributed by atoms with Crippen LogP contribution in [0.3, 0.4) is 0 Å². The molecule has 0 radical (unpaired) electrons. The zero-order chi connectivity index (χ0) is 10.7. The molecule has 0 atom stereocenters. The fourth-order valence-electron chi connectivity index (χ4n) is 2.06. The highest BCUT2D eigenvalue weighted by Gasteiger charge is 2.22. The molecule has 0 aliphatic heterocycles. The van der Waals surface area contributed by atoms with Crippen LogP contribution in [-0.2, 0) is 11.3 Å². The Balaban J connectivity index is 1.85. The van der Waals surface area contributed by atoms with E-state index in [0.717, 1.165) is 38.0 Å². The van der Waals surface area contributed by atoms with Gasteiger partial charge in [0.05, 0.1) is 12.7 Å². The molecule has 0 spiro atoms. The molecular formula is C11H16N2O2. The van der Waals surface area contributed by atoms with Crippen molar-refractivity contribution < 1.29 is 9.32 Å². The Morgan fingerprint density at radius 2 is 2.27 bits per heavy atom. The molecular weight excluding hydrogens is 192 g/mol. The van der Waals surface area contributed by atoms with Gasteiger partial charge in [-0.25, -0.2) is 0 Å². The first kappa shape index (κ1) is 10.4. The first-order valence-corrected chi connectivity index (χ1v) is 5.37. The molecule has 4 nitrogen and oxygen atoms in total. The van der Waals surface area contributed by atoms with Gasteiger partial charge in [0.15, 0.2) is 5.76 Å². The molecule has 1 aliphatic carbocycles. The van der Waals surface area contributed by atoms with Gasteiger partial charge in [-0.3, -0.25) is 9.69 Å². The number of aromatic nitrogens is 1. The molecule has 82 valence electrons. The molecule has 0 saturated heterocycles. The lowest BCUT2D eigenvalue weighted by Gasteiger charge is -2.29. The largest absolute Gasteiger partial charge is 0.360 e. The minimum Gasteiger partial charge on any atom is -0.360 e. The summed E-state index contributed by atoms with van der Waals surface area (Å²) in [4.78, 5) is 13.3. The number of rotatable bonds is 3. The van der Waals surface area contributed by atoms with Crippen molar-refractivity contribution >= 4 is 5.78 Å². The predicted molar refractivity (Wildman–Crippen MR) is 55.2 cm³/mol. The van der Waals surface area contributed by atoms with Crippen LogP contribution in [-0.4, -0.2) is 28.9 Å². The van der Waals surface area contributed by atoms with E-state index in [0.29, 0.717) is 11.8 Å². The quantitative estimate of drug-likeness (QED) is 0.757. The van der Waals surface area contributed by atoms with Gasteiger partial charge in [-0.1, -0.05) is 5.16 Å². The monoisotopic (exact) mass is 208 g/mol. The molecule has 1 heterocycles. The molecule has 2 rings (SSSR count). The lowest BCUT2D eigenvalue weighted by Crippen LogP contribution is -2.34. The highest BCUT2D eigenvalue weighted by molar-refractivity contribution is 5.79. The topological polar surface area (TPSA) is 46.3 Å². The van der Waals surface area contributed by atoms with Crippen LogP contribution < -0.4 is 0 Å². The smallest absolute Gasteiger partial charge is 0.150 e.